The van der Waals surface area contributed by atoms with Gasteiger partial charge in [0.25, 0.3) is 0 Å². The first-order chi connectivity index (χ1) is 9.35. The summed E-state index contributed by atoms with van der Waals surface area (Å²) in [6, 6.07) is 10.4. The Labute approximate surface area is 114 Å². The van der Waals surface area contributed by atoms with Crippen LogP contribution in [0.4, 0.5) is 0 Å². The second kappa shape index (κ2) is 7.19. The number of benzene rings is 1. The van der Waals surface area contributed by atoms with Gasteiger partial charge in [-0.25, -0.2) is 0 Å². The number of hydrogen-bond donors (Lipinski definition) is 1. The minimum atomic E-state index is 0.655. The number of methoxy groups -OCH3 is 1. The van der Waals surface area contributed by atoms with Crippen LogP contribution in [0.3, 0.4) is 0 Å². The van der Waals surface area contributed by atoms with Crippen LogP contribution in [0, 0.1) is 0 Å². The van der Waals surface area contributed by atoms with Crippen molar-refractivity contribution in [1.29, 1.82) is 0 Å². The SMILES string of the molecule is COCCN(CCN)Cc1cccc2cccnc12. The molecule has 0 unspecified atom stereocenters. The largest absolute Gasteiger partial charge is 0.383 e. The Balaban J connectivity index is 2.18. The van der Waals surface area contributed by atoms with Gasteiger partial charge in [0.15, 0.2) is 0 Å². The smallest absolute Gasteiger partial charge is 0.0746 e. The number of ether oxygens (including phenoxy) is 1. The third-order valence-electron chi connectivity index (χ3n) is 3.17. The van der Waals surface area contributed by atoms with Gasteiger partial charge in [-0.15, -0.1) is 0 Å². The van der Waals surface area contributed by atoms with Crippen molar-refractivity contribution in [2.45, 2.75) is 6.54 Å². The highest BCUT2D eigenvalue weighted by Gasteiger charge is 2.08. The van der Waals surface area contributed by atoms with Crippen molar-refractivity contribution in [3.05, 3.63) is 42.1 Å². The molecule has 0 saturated heterocycles. The van der Waals surface area contributed by atoms with Gasteiger partial charge in [0.1, 0.15) is 0 Å². The second-order valence-electron chi connectivity index (χ2n) is 4.55. The van der Waals surface area contributed by atoms with E-state index >= 15 is 0 Å². The lowest BCUT2D eigenvalue weighted by Gasteiger charge is -2.21. The van der Waals surface area contributed by atoms with E-state index in [0.29, 0.717) is 6.54 Å². The summed E-state index contributed by atoms with van der Waals surface area (Å²) in [6.45, 7) is 3.98. The van der Waals surface area contributed by atoms with Crippen molar-refractivity contribution in [2.75, 3.05) is 33.4 Å². The average Bonchev–Trinajstić information content (AvgIpc) is 2.45. The zero-order valence-electron chi connectivity index (χ0n) is 11.4. The van der Waals surface area contributed by atoms with Crippen molar-refractivity contribution < 1.29 is 4.74 Å². The molecule has 0 saturated carbocycles. The lowest BCUT2D eigenvalue weighted by atomic mass is 10.1. The molecule has 19 heavy (non-hydrogen) atoms. The van der Waals surface area contributed by atoms with Gasteiger partial charge >= 0.3 is 0 Å². The quantitative estimate of drug-likeness (QED) is 0.821. The minimum absolute atomic E-state index is 0.655. The number of nitrogens with zero attached hydrogens (tertiary/aromatic N) is 2. The highest BCUT2D eigenvalue weighted by Crippen LogP contribution is 2.17. The maximum atomic E-state index is 5.67. The molecule has 0 spiro atoms. The predicted molar refractivity (Wildman–Crippen MR) is 78.0 cm³/mol. The molecule has 2 rings (SSSR count). The number of pyridine rings is 1. The maximum Gasteiger partial charge on any atom is 0.0746 e. The van der Waals surface area contributed by atoms with E-state index in [-0.39, 0.29) is 0 Å². The maximum absolute atomic E-state index is 5.67. The standard InChI is InChI=1S/C15H21N3O/c1-19-11-10-18(9-7-16)12-14-5-2-4-13-6-3-8-17-15(13)14/h2-6,8H,7,9-12,16H2,1H3. The first-order valence-corrected chi connectivity index (χ1v) is 6.59. The summed E-state index contributed by atoms with van der Waals surface area (Å²) in [5.74, 6) is 0. The van der Waals surface area contributed by atoms with Gasteiger partial charge in [-0.3, -0.25) is 9.88 Å². The Kier molecular flexibility index (Phi) is 5.27. The molecule has 0 bridgehead atoms. The fraction of sp³-hybridized carbons (Fsp3) is 0.400. The van der Waals surface area contributed by atoms with Gasteiger partial charge in [-0.05, 0) is 11.6 Å². The molecule has 4 heteroatoms. The molecule has 0 aliphatic rings. The van der Waals surface area contributed by atoms with Gasteiger partial charge in [0.05, 0.1) is 12.1 Å². The molecule has 0 radical (unpaired) electrons. The first-order valence-electron chi connectivity index (χ1n) is 6.59. The zero-order valence-corrected chi connectivity index (χ0v) is 11.4. The number of rotatable bonds is 7. The van der Waals surface area contributed by atoms with Crippen LogP contribution in [0.15, 0.2) is 36.5 Å². The highest BCUT2D eigenvalue weighted by molar-refractivity contribution is 5.81. The Morgan fingerprint density at radius 2 is 2.05 bits per heavy atom. The summed E-state index contributed by atoms with van der Waals surface area (Å²) in [5, 5.41) is 1.18. The van der Waals surface area contributed by atoms with E-state index in [0.717, 1.165) is 31.8 Å². The first kappa shape index (κ1) is 13.9. The Morgan fingerprint density at radius 1 is 1.21 bits per heavy atom. The lowest BCUT2D eigenvalue weighted by Crippen LogP contribution is -2.32. The number of para-hydroxylation sites is 1. The third kappa shape index (κ3) is 3.73. The van der Waals surface area contributed by atoms with E-state index < -0.39 is 0 Å². The summed E-state index contributed by atoms with van der Waals surface area (Å²) in [4.78, 5) is 6.78. The van der Waals surface area contributed by atoms with E-state index in [1.54, 1.807) is 7.11 Å². The van der Waals surface area contributed by atoms with E-state index in [4.69, 9.17) is 10.5 Å². The van der Waals surface area contributed by atoms with Crippen LogP contribution in [0.2, 0.25) is 0 Å². The van der Waals surface area contributed by atoms with Crippen LogP contribution < -0.4 is 5.73 Å². The highest BCUT2D eigenvalue weighted by atomic mass is 16.5. The summed E-state index contributed by atoms with van der Waals surface area (Å²) in [7, 11) is 1.72. The Hall–Kier alpha value is -1.49. The normalized spacial score (nSPS) is 11.3. The van der Waals surface area contributed by atoms with Crippen LogP contribution in [0.1, 0.15) is 5.56 Å². The van der Waals surface area contributed by atoms with E-state index in [1.165, 1.54) is 10.9 Å². The molecule has 0 atom stereocenters. The molecule has 4 nitrogen and oxygen atoms in total. The molecule has 2 aromatic rings. The zero-order chi connectivity index (χ0) is 13.5. The average molecular weight is 259 g/mol. The predicted octanol–water partition coefficient (Wildman–Crippen LogP) is 1.64. The van der Waals surface area contributed by atoms with Gasteiger partial charge < -0.3 is 10.5 Å². The van der Waals surface area contributed by atoms with Crippen LogP contribution in [-0.2, 0) is 11.3 Å². The van der Waals surface area contributed by atoms with Crippen molar-refractivity contribution in [2.24, 2.45) is 5.73 Å². The molecular weight excluding hydrogens is 238 g/mol. The van der Waals surface area contributed by atoms with E-state index in [1.807, 2.05) is 12.3 Å². The number of fused-ring (bicyclic) bond motifs is 1. The number of aromatic nitrogens is 1. The molecule has 0 amide bonds. The molecule has 102 valence electrons. The topological polar surface area (TPSA) is 51.4 Å². The molecule has 0 aliphatic carbocycles. The molecule has 1 aromatic heterocycles. The monoisotopic (exact) mass is 259 g/mol. The van der Waals surface area contributed by atoms with E-state index in [2.05, 4.69) is 34.1 Å². The van der Waals surface area contributed by atoms with Crippen molar-refractivity contribution in [3.63, 3.8) is 0 Å². The van der Waals surface area contributed by atoms with E-state index in [9.17, 15) is 0 Å². The Bertz CT molecular complexity index is 510. The van der Waals surface area contributed by atoms with Crippen LogP contribution in [-0.4, -0.2) is 43.2 Å². The molecule has 0 fully saturated rings. The summed E-state index contributed by atoms with van der Waals surface area (Å²) in [6.07, 6.45) is 1.84. The summed E-state index contributed by atoms with van der Waals surface area (Å²) < 4.78 is 5.15. The van der Waals surface area contributed by atoms with Gasteiger partial charge in [0, 0.05) is 44.9 Å². The number of hydrogen-bond acceptors (Lipinski definition) is 4. The number of nitrogens with two attached hydrogens (primary N) is 1. The Morgan fingerprint density at radius 3 is 2.84 bits per heavy atom. The lowest BCUT2D eigenvalue weighted by molar-refractivity contribution is 0.146. The third-order valence-corrected chi connectivity index (χ3v) is 3.17. The van der Waals surface area contributed by atoms with Gasteiger partial charge in [-0.1, -0.05) is 24.3 Å². The van der Waals surface area contributed by atoms with Crippen LogP contribution >= 0.6 is 0 Å². The van der Waals surface area contributed by atoms with Crippen LogP contribution in [0.25, 0.3) is 10.9 Å². The molecular formula is C15H21N3O. The molecule has 1 heterocycles. The summed E-state index contributed by atoms with van der Waals surface area (Å²) >= 11 is 0. The molecule has 2 N–H and O–H groups in total. The van der Waals surface area contributed by atoms with Gasteiger partial charge in [-0.2, -0.15) is 0 Å². The molecule has 0 aliphatic heterocycles. The minimum Gasteiger partial charge on any atom is -0.383 e. The van der Waals surface area contributed by atoms with Crippen molar-refractivity contribution >= 4 is 10.9 Å². The van der Waals surface area contributed by atoms with Crippen molar-refractivity contribution in [1.82, 2.24) is 9.88 Å². The molecule has 1 aromatic carbocycles. The van der Waals surface area contributed by atoms with Crippen LogP contribution in [0.5, 0.6) is 0 Å². The second-order valence-corrected chi connectivity index (χ2v) is 4.55. The fourth-order valence-corrected chi connectivity index (χ4v) is 2.21. The summed E-state index contributed by atoms with van der Waals surface area (Å²) in [5.41, 5.74) is 7.98. The van der Waals surface area contributed by atoms with Crippen molar-refractivity contribution in [3.8, 4) is 0 Å². The van der Waals surface area contributed by atoms with Gasteiger partial charge in [0.2, 0.25) is 0 Å². The fourth-order valence-electron chi connectivity index (χ4n) is 2.21.